The van der Waals surface area contributed by atoms with Gasteiger partial charge >= 0.3 is 0 Å². The van der Waals surface area contributed by atoms with Crippen LogP contribution < -0.4 is 0 Å². The average Bonchev–Trinajstić information content (AvgIpc) is 0.752. The summed E-state index contributed by atoms with van der Waals surface area (Å²) in [4.78, 5) is 0. The highest BCUT2D eigenvalue weighted by atomic mass is 14.4. The topological polar surface area (TPSA) is 0 Å². The molecule has 0 saturated heterocycles. The highest BCUT2D eigenvalue weighted by molar-refractivity contribution is 5.78. The van der Waals surface area contributed by atoms with Crippen LogP contribution in [0.4, 0.5) is 0 Å². The zero-order valence-electron chi connectivity index (χ0n) is 108. The SMILES string of the molecule is CC(C)(C)c1cc(-c2ccccc2)cc(-c2ccccc2)c1.CC(C)(C)c1cc(C(C)(C)C)c(C(C)(C)C)c(C(C)(C)C)c1.CC(C)(C)c1ccc(C(C)(C)C)c(C(C)(C)C)c1.CC(C)(C)c1cccc(-c2ccccc2)c1C(C)(C)C.Cc1cccc(C)c1C(C)(C)C.[2H]c1c([2H])c(-c2cccc(C(C)(C)C)c2C(C)(C)C)c([2H])c([2H])c1C.[2H]c1c([2H])c([2H])c(-c2cc(-c3c([2H])c([2H])c([2H])c(C)c3[2H])cc(C(C)(C)C)c2)c([2H])c1[2H]. The molecule has 0 spiro atoms. The molecule has 0 heterocycles. The van der Waals surface area contributed by atoms with E-state index in [0.29, 0.717) is 22.3 Å². The third-order valence-electron chi connectivity index (χ3n) is 25.1. The van der Waals surface area contributed by atoms with E-state index in [2.05, 4.69) is 466 Å². The van der Waals surface area contributed by atoms with E-state index in [-0.39, 0.29) is 153 Å². The summed E-state index contributed by atoms with van der Waals surface area (Å²) >= 11 is 0. The van der Waals surface area contributed by atoms with Crippen molar-refractivity contribution < 1.29 is 17.8 Å². The van der Waals surface area contributed by atoms with Gasteiger partial charge in [0.1, 0.15) is 0 Å². The quantitative estimate of drug-likeness (QED) is 0.156. The van der Waals surface area contributed by atoms with Crippen LogP contribution in [0.25, 0.3) is 66.8 Å². The second-order valence-electron chi connectivity index (χ2n) is 52.6. The van der Waals surface area contributed by atoms with Gasteiger partial charge in [0.15, 0.2) is 0 Å². The molecule has 0 heteroatoms. The fourth-order valence-electron chi connectivity index (χ4n) is 17.9. The number of aryl methyl sites for hydroxylation is 2. The lowest BCUT2D eigenvalue weighted by molar-refractivity contribution is 0.490. The van der Waals surface area contributed by atoms with Crippen LogP contribution in [0.5, 0.6) is 0 Å². The van der Waals surface area contributed by atoms with Crippen molar-refractivity contribution >= 4 is 0 Å². The van der Waals surface area contributed by atoms with Crippen molar-refractivity contribution in [2.24, 2.45) is 0 Å². The van der Waals surface area contributed by atoms with E-state index in [9.17, 15) is 0 Å². The molecule has 13 rings (SSSR count). The van der Waals surface area contributed by atoms with Crippen molar-refractivity contribution in [3.63, 3.8) is 0 Å². The molecular formula is C138H186. The van der Waals surface area contributed by atoms with Crippen molar-refractivity contribution in [2.75, 3.05) is 0 Å². The first kappa shape index (κ1) is 95.4. The van der Waals surface area contributed by atoms with Gasteiger partial charge in [-0.05, 0) is 271 Å². The molecule has 0 aliphatic rings. The molecule has 0 aliphatic heterocycles. The number of rotatable bonds is 6. The smallest absolute Gasteiger partial charge is 0.0622 e. The van der Waals surface area contributed by atoms with Crippen LogP contribution in [-0.4, -0.2) is 0 Å². The van der Waals surface area contributed by atoms with Crippen molar-refractivity contribution in [2.45, 2.75) is 394 Å². The van der Waals surface area contributed by atoms with Crippen LogP contribution in [0.3, 0.4) is 0 Å². The van der Waals surface area contributed by atoms with Crippen LogP contribution in [0.15, 0.2) is 291 Å². The highest BCUT2D eigenvalue weighted by Crippen LogP contribution is 2.48. The summed E-state index contributed by atoms with van der Waals surface area (Å²) in [6.07, 6.45) is 0. The van der Waals surface area contributed by atoms with E-state index in [4.69, 9.17) is 17.8 Å². The third-order valence-corrected chi connectivity index (χ3v) is 25.1. The van der Waals surface area contributed by atoms with Crippen molar-refractivity contribution in [3.8, 4) is 66.8 Å². The lowest BCUT2D eigenvalue weighted by Gasteiger charge is -2.38. The first-order valence-corrected chi connectivity index (χ1v) is 50.3. The minimum Gasteiger partial charge on any atom is -0.0622 e. The molecule has 0 N–H and O–H groups in total. The van der Waals surface area contributed by atoms with E-state index in [1.165, 1.54) is 106 Å². The van der Waals surface area contributed by atoms with Gasteiger partial charge in [-0.1, -0.05) is 581 Å². The maximum Gasteiger partial charge on any atom is 0.0632 e. The minimum absolute atomic E-state index is 0.0333. The molecule has 0 unspecified atom stereocenters. The summed E-state index contributed by atoms with van der Waals surface area (Å²) < 4.78 is 107. The van der Waals surface area contributed by atoms with E-state index < -0.39 is 18.1 Å². The summed E-state index contributed by atoms with van der Waals surface area (Å²) in [5, 5.41) is 0. The molecule has 138 heavy (non-hydrogen) atoms. The summed E-state index contributed by atoms with van der Waals surface area (Å²) in [6.45, 7) is 103. The largest absolute Gasteiger partial charge is 0.0632 e. The molecule has 0 fully saturated rings. The van der Waals surface area contributed by atoms with Gasteiger partial charge in [-0.25, -0.2) is 0 Å². The normalized spacial score (nSPS) is 13.9. The molecule has 0 atom stereocenters. The molecule has 738 valence electrons. The lowest BCUT2D eigenvalue weighted by Crippen LogP contribution is -2.29. The zero-order chi connectivity index (χ0) is 116. The molecule has 0 radical (unpaired) electrons. The molecule has 13 aromatic carbocycles. The van der Waals surface area contributed by atoms with Crippen LogP contribution in [0, 0.1) is 27.7 Å². The van der Waals surface area contributed by atoms with Crippen LogP contribution >= 0.6 is 0 Å². The Balaban J connectivity index is 0.000000242. The standard InChI is InChI=1S/C23H24.C22H22.C22H38.C21H28.C20H26.C18H30.C12H18/c1-17-9-8-12-19(13-17)21-14-20(18-10-6-5-7-11-18)15-22(16-21)23(2,3)4;1-22(2,3)21-15-19(17-10-6-4-7-11-17)14-20(16-21)18-12-8-5-9-13-18;1-19(2,3)15-13-16(20(4,5)6)18(22(10,11)12)17(14-15)21(7,8)9;1-15-11-13-16(14-12-15)17-9-8-10-18(20(2,3)4)19(17)21(5,6)7;1-19(2,3)17-14-10-13-16(18(17)20(4,5)6)15-11-8-7-9-12-15;1-16(2,3)13-10-11-14(17(4,5)6)15(12-13)18(7,8)9;1-9-7-6-8-10(2)11(9)12(3,4)5/h5-16H,1-4H3;4-16H,1-3H3;13-14H,1-12H3;8-14H,1-7H3;7-14H,1-6H3;10-12H,1-9H3;6-8H,1-5H3/i5D,6D,7D,8D,9D,10D,11D,12D,13D;;;11D,12D,13D,14D;;;. The molecule has 13 aromatic rings. The highest BCUT2D eigenvalue weighted by Gasteiger charge is 2.36. The van der Waals surface area contributed by atoms with Crippen LogP contribution in [0.2, 0.25) is 0 Å². The molecule has 0 aliphatic carbocycles. The molecule has 0 saturated carbocycles. The third kappa shape index (κ3) is 32.7. The molecule has 0 amide bonds. The summed E-state index contributed by atoms with van der Waals surface area (Å²) in [7, 11) is 0. The summed E-state index contributed by atoms with van der Waals surface area (Å²) in [5.74, 6) is 0. The molecule has 0 aromatic heterocycles. The number of hydrogen-bond donors (Lipinski definition) is 0. The Morgan fingerprint density at radius 3 is 0.797 bits per heavy atom. The first-order chi connectivity index (χ1) is 68.4. The van der Waals surface area contributed by atoms with Crippen LogP contribution in [-0.2, 0) is 75.8 Å². The fourth-order valence-corrected chi connectivity index (χ4v) is 17.9. The van der Waals surface area contributed by atoms with Gasteiger partial charge in [-0.2, -0.15) is 0 Å². The average molecular weight is 1860 g/mol. The van der Waals surface area contributed by atoms with Crippen molar-refractivity contribution in [1.29, 1.82) is 0 Å². The summed E-state index contributed by atoms with van der Waals surface area (Å²) in [6, 6.07) is 72.7. The number of benzene rings is 13. The summed E-state index contributed by atoms with van der Waals surface area (Å²) in [5.41, 5.74) is 34.1. The van der Waals surface area contributed by atoms with E-state index in [1.807, 2.05) is 32.9 Å². The van der Waals surface area contributed by atoms with Gasteiger partial charge in [-0.3, -0.25) is 0 Å². The number of hydrogen-bond acceptors (Lipinski definition) is 0. The van der Waals surface area contributed by atoms with Crippen LogP contribution in [0.1, 0.15) is 409 Å². The Bertz CT molecular complexity index is 6630. The Labute approximate surface area is 864 Å². The maximum atomic E-state index is 8.51. The van der Waals surface area contributed by atoms with Gasteiger partial charge in [0.05, 0.1) is 17.8 Å². The predicted octanol–water partition coefficient (Wildman–Crippen LogP) is 41.2. The molecule has 0 nitrogen and oxygen atoms in total. The van der Waals surface area contributed by atoms with E-state index in [0.717, 1.165) is 16.7 Å². The maximum absolute atomic E-state index is 8.51. The van der Waals surface area contributed by atoms with Gasteiger partial charge < -0.3 is 0 Å². The Morgan fingerprint density at radius 1 is 0.159 bits per heavy atom. The molecular weight excluding hydrogens is 1660 g/mol. The van der Waals surface area contributed by atoms with Gasteiger partial charge in [-0.15, -0.1) is 0 Å². The Kier molecular flexibility index (Phi) is 31.0. The Hall–Kier alpha value is -10.1. The molecule has 0 bridgehead atoms. The second kappa shape index (κ2) is 44.8. The van der Waals surface area contributed by atoms with E-state index in [1.54, 1.807) is 37.6 Å². The van der Waals surface area contributed by atoms with Gasteiger partial charge in [0.25, 0.3) is 0 Å². The second-order valence-corrected chi connectivity index (χ2v) is 52.6. The fraction of sp³-hybridized carbons (Fsp3) is 0.435. The van der Waals surface area contributed by atoms with Gasteiger partial charge in [0, 0.05) is 0 Å². The van der Waals surface area contributed by atoms with Crippen molar-refractivity contribution in [3.05, 3.63) is 391 Å². The minimum atomic E-state index is -0.474. The van der Waals surface area contributed by atoms with Gasteiger partial charge in [0.2, 0.25) is 0 Å². The van der Waals surface area contributed by atoms with Crippen molar-refractivity contribution in [1.82, 2.24) is 0 Å². The van der Waals surface area contributed by atoms with E-state index >= 15 is 0 Å². The zero-order valence-corrected chi connectivity index (χ0v) is 94.7. The monoisotopic (exact) mass is 1860 g/mol. The lowest BCUT2D eigenvalue weighted by atomic mass is 9.66. The predicted molar refractivity (Wildman–Crippen MR) is 618 cm³/mol. The Morgan fingerprint density at radius 2 is 0.464 bits per heavy atom. The first-order valence-electron chi connectivity index (χ1n) is 56.8.